The first kappa shape index (κ1) is 20.5. The van der Waals surface area contributed by atoms with Gasteiger partial charge in [0.15, 0.2) is 5.65 Å². The van der Waals surface area contributed by atoms with E-state index in [0.717, 1.165) is 54.0 Å². The molecular weight excluding hydrogens is 410 g/mol. The van der Waals surface area contributed by atoms with Crippen LogP contribution in [0.4, 0.5) is 10.7 Å². The van der Waals surface area contributed by atoms with Crippen LogP contribution in [-0.4, -0.2) is 70.3 Å². The Hall–Kier alpha value is -3.40. The second-order valence-corrected chi connectivity index (χ2v) is 7.92. The van der Waals surface area contributed by atoms with Crippen molar-refractivity contribution < 1.29 is 14.3 Å². The molecule has 0 aliphatic carbocycles. The number of imidazole rings is 1. The van der Waals surface area contributed by atoms with E-state index in [1.54, 1.807) is 18.3 Å². The number of methoxy groups -OCH3 is 1. The van der Waals surface area contributed by atoms with Gasteiger partial charge in [0.25, 0.3) is 0 Å². The average Bonchev–Trinajstić information content (AvgIpc) is 3.45. The largest absolute Gasteiger partial charge is 0.497 e. The third kappa shape index (κ3) is 4.05. The van der Waals surface area contributed by atoms with Crippen LogP contribution in [-0.2, 0) is 4.74 Å². The van der Waals surface area contributed by atoms with Gasteiger partial charge in [-0.05, 0) is 43.5 Å². The van der Waals surface area contributed by atoms with E-state index in [9.17, 15) is 4.79 Å². The Kier molecular flexibility index (Phi) is 5.76. The minimum absolute atomic E-state index is 0.0328. The molecule has 168 valence electrons. The van der Waals surface area contributed by atoms with Gasteiger partial charge >= 0.3 is 6.03 Å². The SMILES string of the molecule is COc1ccc(-c2nc(NCCN3CCNC3=O)nc3c2ncn3C2CCCCO2)cc1. The number of fused-ring (bicyclic) bond motifs is 1. The number of aromatic nitrogens is 4. The zero-order chi connectivity index (χ0) is 21.9. The highest BCUT2D eigenvalue weighted by atomic mass is 16.5. The molecule has 0 radical (unpaired) electrons. The number of carbonyl (C=O) groups is 1. The first-order valence-corrected chi connectivity index (χ1v) is 11.0. The summed E-state index contributed by atoms with van der Waals surface area (Å²) in [5.74, 6) is 1.28. The van der Waals surface area contributed by atoms with E-state index in [1.165, 1.54) is 0 Å². The molecule has 2 aromatic heterocycles. The van der Waals surface area contributed by atoms with Crippen LogP contribution in [0, 0.1) is 0 Å². The zero-order valence-corrected chi connectivity index (χ0v) is 18.1. The van der Waals surface area contributed by atoms with Crippen molar-refractivity contribution in [1.29, 1.82) is 0 Å². The maximum atomic E-state index is 11.8. The molecule has 10 heteroatoms. The van der Waals surface area contributed by atoms with Gasteiger partial charge < -0.3 is 25.0 Å². The molecule has 2 saturated heterocycles. The van der Waals surface area contributed by atoms with Gasteiger partial charge in [0, 0.05) is 38.3 Å². The Morgan fingerprint density at radius 2 is 2.12 bits per heavy atom. The highest BCUT2D eigenvalue weighted by Crippen LogP contribution is 2.31. The van der Waals surface area contributed by atoms with E-state index in [-0.39, 0.29) is 12.3 Å². The highest BCUT2D eigenvalue weighted by Gasteiger charge is 2.22. The molecule has 5 rings (SSSR count). The summed E-state index contributed by atoms with van der Waals surface area (Å²) in [4.78, 5) is 27.7. The Balaban J connectivity index is 1.48. The average molecular weight is 438 g/mol. The first-order chi connectivity index (χ1) is 15.7. The number of ether oxygens (including phenoxy) is 2. The molecule has 10 nitrogen and oxygen atoms in total. The van der Waals surface area contributed by atoms with Gasteiger partial charge in [-0.25, -0.2) is 14.8 Å². The number of nitrogens with zero attached hydrogens (tertiary/aromatic N) is 5. The summed E-state index contributed by atoms with van der Waals surface area (Å²) in [7, 11) is 1.65. The lowest BCUT2D eigenvalue weighted by molar-refractivity contribution is -0.0298. The van der Waals surface area contributed by atoms with Crippen molar-refractivity contribution in [2.24, 2.45) is 0 Å². The van der Waals surface area contributed by atoms with Crippen molar-refractivity contribution >= 4 is 23.1 Å². The van der Waals surface area contributed by atoms with E-state index in [0.29, 0.717) is 32.1 Å². The van der Waals surface area contributed by atoms with Crippen LogP contribution in [0.15, 0.2) is 30.6 Å². The summed E-state index contributed by atoms with van der Waals surface area (Å²) < 4.78 is 13.3. The summed E-state index contributed by atoms with van der Waals surface area (Å²) in [5, 5.41) is 6.10. The zero-order valence-electron chi connectivity index (χ0n) is 18.1. The molecule has 2 fully saturated rings. The topological polar surface area (TPSA) is 106 Å². The molecular formula is C22H27N7O3. The Morgan fingerprint density at radius 3 is 2.84 bits per heavy atom. The predicted molar refractivity (Wildman–Crippen MR) is 120 cm³/mol. The molecule has 0 saturated carbocycles. The molecule has 0 spiro atoms. The monoisotopic (exact) mass is 437 g/mol. The molecule has 32 heavy (non-hydrogen) atoms. The maximum absolute atomic E-state index is 11.8. The van der Waals surface area contributed by atoms with Gasteiger partial charge in [0.2, 0.25) is 5.95 Å². The summed E-state index contributed by atoms with van der Waals surface area (Å²) in [6, 6.07) is 7.71. The number of anilines is 1. The van der Waals surface area contributed by atoms with Crippen molar-refractivity contribution in [3.8, 4) is 17.0 Å². The van der Waals surface area contributed by atoms with E-state index in [2.05, 4.69) is 15.6 Å². The number of urea groups is 1. The van der Waals surface area contributed by atoms with Crippen molar-refractivity contribution in [2.75, 3.05) is 45.2 Å². The van der Waals surface area contributed by atoms with Gasteiger partial charge in [-0.3, -0.25) is 4.57 Å². The number of nitrogens with one attached hydrogen (secondary N) is 2. The minimum Gasteiger partial charge on any atom is -0.497 e. The summed E-state index contributed by atoms with van der Waals surface area (Å²) in [6.45, 7) is 3.27. The van der Waals surface area contributed by atoms with Crippen LogP contribution in [0.3, 0.4) is 0 Å². The summed E-state index contributed by atoms with van der Waals surface area (Å²) in [6.07, 6.45) is 4.84. The fourth-order valence-electron chi connectivity index (χ4n) is 4.13. The van der Waals surface area contributed by atoms with Crippen LogP contribution < -0.4 is 15.4 Å². The lowest BCUT2D eigenvalue weighted by atomic mass is 10.1. The third-order valence-corrected chi connectivity index (χ3v) is 5.86. The molecule has 1 unspecified atom stereocenters. The number of hydrogen-bond acceptors (Lipinski definition) is 7. The molecule has 2 amide bonds. The predicted octanol–water partition coefficient (Wildman–Crippen LogP) is 2.64. The van der Waals surface area contributed by atoms with E-state index < -0.39 is 0 Å². The van der Waals surface area contributed by atoms with Gasteiger partial charge in [-0.2, -0.15) is 4.98 Å². The lowest BCUT2D eigenvalue weighted by Crippen LogP contribution is -2.32. The number of benzene rings is 1. The molecule has 1 atom stereocenters. The van der Waals surface area contributed by atoms with Gasteiger partial charge in [0.1, 0.15) is 23.2 Å². The van der Waals surface area contributed by atoms with Crippen molar-refractivity contribution in [1.82, 2.24) is 29.7 Å². The Labute approximate surface area is 185 Å². The smallest absolute Gasteiger partial charge is 0.317 e. The first-order valence-electron chi connectivity index (χ1n) is 11.0. The normalized spacial score (nSPS) is 18.7. The van der Waals surface area contributed by atoms with Crippen molar-refractivity contribution in [3.05, 3.63) is 30.6 Å². The van der Waals surface area contributed by atoms with E-state index in [1.807, 2.05) is 28.8 Å². The third-order valence-electron chi connectivity index (χ3n) is 5.86. The summed E-state index contributed by atoms with van der Waals surface area (Å²) >= 11 is 0. The van der Waals surface area contributed by atoms with Gasteiger partial charge in [-0.15, -0.1) is 0 Å². The number of rotatable bonds is 7. The number of carbonyl (C=O) groups excluding carboxylic acids is 1. The molecule has 4 heterocycles. The molecule has 0 bridgehead atoms. The van der Waals surface area contributed by atoms with Crippen molar-refractivity contribution in [3.63, 3.8) is 0 Å². The Morgan fingerprint density at radius 1 is 1.25 bits per heavy atom. The maximum Gasteiger partial charge on any atom is 0.317 e. The van der Waals surface area contributed by atoms with Crippen LogP contribution >= 0.6 is 0 Å². The lowest BCUT2D eigenvalue weighted by Gasteiger charge is -2.24. The van der Waals surface area contributed by atoms with Gasteiger partial charge in [0.05, 0.1) is 13.4 Å². The fourth-order valence-corrected chi connectivity index (χ4v) is 4.13. The molecule has 2 aliphatic rings. The summed E-state index contributed by atoms with van der Waals surface area (Å²) in [5.41, 5.74) is 3.14. The molecule has 2 N–H and O–H groups in total. The molecule has 3 aromatic rings. The van der Waals surface area contributed by atoms with E-state index in [4.69, 9.17) is 19.4 Å². The van der Waals surface area contributed by atoms with Crippen LogP contribution in [0.25, 0.3) is 22.4 Å². The van der Waals surface area contributed by atoms with E-state index >= 15 is 0 Å². The Bertz CT molecular complexity index is 1090. The van der Waals surface area contributed by atoms with Crippen LogP contribution in [0.1, 0.15) is 25.5 Å². The van der Waals surface area contributed by atoms with Crippen LogP contribution in [0.5, 0.6) is 5.75 Å². The second kappa shape index (κ2) is 8.99. The van der Waals surface area contributed by atoms with Crippen molar-refractivity contribution in [2.45, 2.75) is 25.5 Å². The quantitative estimate of drug-likeness (QED) is 0.585. The number of amides is 2. The van der Waals surface area contributed by atoms with Crippen LogP contribution in [0.2, 0.25) is 0 Å². The highest BCUT2D eigenvalue weighted by molar-refractivity contribution is 5.88. The fraction of sp³-hybridized carbons (Fsp3) is 0.455. The standard InChI is InChI=1S/C22H27N7O3/c1-31-16-7-5-15(6-8-16)18-19-20(29(14-25-19)17-4-2-3-13-32-17)27-21(26-18)23-9-11-28-12-10-24-22(28)30/h5-8,14,17H,2-4,9-13H2,1H3,(H,24,30)(H,23,26,27). The van der Waals surface area contributed by atoms with Gasteiger partial charge in [-0.1, -0.05) is 0 Å². The second-order valence-electron chi connectivity index (χ2n) is 7.92. The molecule has 2 aliphatic heterocycles. The number of hydrogen-bond donors (Lipinski definition) is 2. The minimum atomic E-state index is -0.0755. The molecule has 1 aromatic carbocycles.